The third-order valence-corrected chi connectivity index (χ3v) is 5.74. The van der Waals surface area contributed by atoms with Crippen LogP contribution in [0.1, 0.15) is 37.3 Å². The molecule has 7 nitrogen and oxygen atoms in total. The highest BCUT2D eigenvalue weighted by Gasteiger charge is 2.46. The number of carboxylic acid groups (broad SMARTS) is 1. The summed E-state index contributed by atoms with van der Waals surface area (Å²) in [7, 11) is 0. The van der Waals surface area contributed by atoms with Crippen LogP contribution >= 0.6 is 0 Å². The molecular weight excluding hydrogens is 453 g/mol. The maximum atomic E-state index is 12.8. The summed E-state index contributed by atoms with van der Waals surface area (Å²) in [4.78, 5) is 35.4. The van der Waals surface area contributed by atoms with Crippen molar-refractivity contribution in [2.45, 2.75) is 44.4 Å². The molecule has 0 spiro atoms. The average Bonchev–Trinajstić information content (AvgIpc) is 3.08. The van der Waals surface area contributed by atoms with Crippen LogP contribution in [0.4, 0.5) is 18.0 Å². The molecule has 0 aliphatic heterocycles. The van der Waals surface area contributed by atoms with Gasteiger partial charge >= 0.3 is 18.2 Å². The Bertz CT molecular complexity index is 1030. The highest BCUT2D eigenvalue weighted by molar-refractivity contribution is 5.85. The zero-order valence-corrected chi connectivity index (χ0v) is 18.6. The molecule has 0 aromatic heterocycles. The third-order valence-electron chi connectivity index (χ3n) is 5.74. The second kappa shape index (κ2) is 10.1. The van der Waals surface area contributed by atoms with Crippen LogP contribution in [0.5, 0.6) is 0 Å². The molecule has 34 heavy (non-hydrogen) atoms. The minimum absolute atomic E-state index is 0.0338. The summed E-state index contributed by atoms with van der Waals surface area (Å²) in [5.41, 5.74) is 4.15. The SMILES string of the molecule is CC(C)[C@H](CC(=O)NC(C(=O)O)C(F)(F)F)NC(=O)OCC1c2ccccc2-c2ccccc21. The van der Waals surface area contributed by atoms with Gasteiger partial charge in [-0.2, -0.15) is 13.2 Å². The number of benzene rings is 2. The van der Waals surface area contributed by atoms with Gasteiger partial charge < -0.3 is 20.5 Å². The Kier molecular flexibility index (Phi) is 7.48. The van der Waals surface area contributed by atoms with Gasteiger partial charge in [0, 0.05) is 18.4 Å². The topological polar surface area (TPSA) is 105 Å². The van der Waals surface area contributed by atoms with Crippen LogP contribution in [-0.2, 0) is 14.3 Å². The van der Waals surface area contributed by atoms with Gasteiger partial charge in [-0.05, 0) is 28.2 Å². The second-order valence-electron chi connectivity index (χ2n) is 8.40. The van der Waals surface area contributed by atoms with Gasteiger partial charge in [0.25, 0.3) is 0 Å². The molecule has 2 aromatic rings. The standard InChI is InChI=1S/C24H25F3N2O5/c1-13(2)19(11-20(30)29-21(22(31)32)24(25,26)27)28-23(33)34-12-18-16-9-5-3-7-14(16)15-8-4-6-10-17(15)18/h3-10,13,18-19,21H,11-12H2,1-2H3,(H,28,33)(H,29,30)(H,31,32)/t19-,21?/m0/s1. The maximum absolute atomic E-state index is 12.8. The molecule has 182 valence electrons. The van der Waals surface area contributed by atoms with E-state index in [1.807, 2.05) is 48.5 Å². The van der Waals surface area contributed by atoms with Gasteiger partial charge in [0.2, 0.25) is 11.9 Å². The summed E-state index contributed by atoms with van der Waals surface area (Å²) in [5.74, 6) is -3.88. The minimum atomic E-state index is -5.14. The predicted octanol–water partition coefficient (Wildman–Crippen LogP) is 4.07. The molecule has 2 amide bonds. The van der Waals surface area contributed by atoms with E-state index in [0.717, 1.165) is 22.3 Å². The van der Waals surface area contributed by atoms with Crippen LogP contribution in [0, 0.1) is 5.92 Å². The molecule has 0 bridgehead atoms. The summed E-state index contributed by atoms with van der Waals surface area (Å²) in [5, 5.41) is 12.7. The van der Waals surface area contributed by atoms with Crippen molar-refractivity contribution in [1.82, 2.24) is 10.6 Å². The lowest BCUT2D eigenvalue weighted by Gasteiger charge is -2.24. The van der Waals surface area contributed by atoms with Crippen LogP contribution in [0.25, 0.3) is 11.1 Å². The second-order valence-corrected chi connectivity index (χ2v) is 8.40. The summed E-state index contributed by atoms with van der Waals surface area (Å²) < 4.78 is 43.9. The molecule has 2 atom stereocenters. The summed E-state index contributed by atoms with van der Waals surface area (Å²) in [6, 6.07) is 11.7. The lowest BCUT2D eigenvalue weighted by Crippen LogP contribution is -2.52. The Morgan fingerprint density at radius 1 is 0.971 bits per heavy atom. The molecule has 3 rings (SSSR count). The Balaban J connectivity index is 1.62. The van der Waals surface area contributed by atoms with Crippen molar-refractivity contribution in [2.75, 3.05) is 6.61 Å². The van der Waals surface area contributed by atoms with E-state index in [0.29, 0.717) is 0 Å². The number of carbonyl (C=O) groups is 3. The molecular formula is C24H25F3N2O5. The molecule has 0 heterocycles. The number of alkyl halides is 3. The number of ether oxygens (including phenoxy) is 1. The maximum Gasteiger partial charge on any atom is 0.419 e. The lowest BCUT2D eigenvalue weighted by molar-refractivity contribution is -0.182. The number of alkyl carbamates (subject to hydrolysis) is 1. The molecule has 10 heteroatoms. The van der Waals surface area contributed by atoms with Crippen LogP contribution < -0.4 is 10.6 Å². The Morgan fingerprint density at radius 2 is 1.50 bits per heavy atom. The monoisotopic (exact) mass is 478 g/mol. The van der Waals surface area contributed by atoms with Gasteiger partial charge in [-0.1, -0.05) is 62.4 Å². The molecule has 3 N–H and O–H groups in total. The Hall–Kier alpha value is -3.56. The summed E-state index contributed by atoms with van der Waals surface area (Å²) in [6.45, 7) is 3.37. The van der Waals surface area contributed by atoms with E-state index in [9.17, 15) is 27.6 Å². The van der Waals surface area contributed by atoms with Crippen molar-refractivity contribution >= 4 is 18.0 Å². The Labute approximate surface area is 194 Å². The number of carboxylic acids is 1. The summed E-state index contributed by atoms with van der Waals surface area (Å²) >= 11 is 0. The van der Waals surface area contributed by atoms with E-state index in [1.54, 1.807) is 13.8 Å². The zero-order chi connectivity index (χ0) is 25.0. The lowest BCUT2D eigenvalue weighted by atomic mass is 9.98. The van der Waals surface area contributed by atoms with Crippen LogP contribution in [0.3, 0.4) is 0 Å². The fourth-order valence-electron chi connectivity index (χ4n) is 3.95. The molecule has 0 fully saturated rings. The first-order valence-electron chi connectivity index (χ1n) is 10.7. The van der Waals surface area contributed by atoms with E-state index in [2.05, 4.69) is 5.32 Å². The predicted molar refractivity (Wildman–Crippen MR) is 117 cm³/mol. The van der Waals surface area contributed by atoms with E-state index in [4.69, 9.17) is 9.84 Å². The number of nitrogens with one attached hydrogen (secondary N) is 2. The van der Waals surface area contributed by atoms with E-state index in [1.165, 1.54) is 5.32 Å². The first-order valence-corrected chi connectivity index (χ1v) is 10.7. The normalized spacial score (nSPS) is 14.6. The third kappa shape index (κ3) is 5.67. The fraction of sp³-hybridized carbons (Fsp3) is 0.375. The molecule has 1 aliphatic carbocycles. The molecule has 0 saturated heterocycles. The molecule has 0 saturated carbocycles. The number of halogens is 3. The van der Waals surface area contributed by atoms with Crippen molar-refractivity contribution in [1.29, 1.82) is 0 Å². The average molecular weight is 478 g/mol. The van der Waals surface area contributed by atoms with Gasteiger partial charge in [0.05, 0.1) is 0 Å². The van der Waals surface area contributed by atoms with Crippen molar-refractivity contribution < 1.29 is 37.4 Å². The molecule has 1 aliphatic rings. The quantitative estimate of drug-likeness (QED) is 0.531. The van der Waals surface area contributed by atoms with Gasteiger partial charge in [-0.25, -0.2) is 9.59 Å². The number of hydrogen-bond acceptors (Lipinski definition) is 4. The van der Waals surface area contributed by atoms with E-state index in [-0.39, 0.29) is 18.4 Å². The van der Waals surface area contributed by atoms with Gasteiger partial charge in [0.1, 0.15) is 6.61 Å². The number of fused-ring (bicyclic) bond motifs is 3. The highest BCUT2D eigenvalue weighted by Crippen LogP contribution is 2.44. The Morgan fingerprint density at radius 3 is 1.97 bits per heavy atom. The number of hydrogen-bond donors (Lipinski definition) is 3. The molecule has 1 unspecified atom stereocenters. The number of rotatable bonds is 8. The van der Waals surface area contributed by atoms with Crippen LogP contribution in [0.15, 0.2) is 48.5 Å². The summed E-state index contributed by atoms with van der Waals surface area (Å²) in [6.07, 6.45) is -6.50. The van der Waals surface area contributed by atoms with Gasteiger partial charge in [0.15, 0.2) is 0 Å². The molecule has 2 aromatic carbocycles. The smallest absolute Gasteiger partial charge is 0.419 e. The van der Waals surface area contributed by atoms with E-state index < -0.39 is 42.7 Å². The van der Waals surface area contributed by atoms with Crippen LogP contribution in [-0.4, -0.2) is 47.9 Å². The van der Waals surface area contributed by atoms with Crippen molar-refractivity contribution in [2.24, 2.45) is 5.92 Å². The highest BCUT2D eigenvalue weighted by atomic mass is 19.4. The zero-order valence-electron chi connectivity index (χ0n) is 18.6. The van der Waals surface area contributed by atoms with E-state index >= 15 is 0 Å². The first-order chi connectivity index (χ1) is 16.0. The molecule has 0 radical (unpaired) electrons. The fourth-order valence-corrected chi connectivity index (χ4v) is 3.95. The number of carbonyl (C=O) groups excluding carboxylic acids is 2. The van der Waals surface area contributed by atoms with Crippen LogP contribution in [0.2, 0.25) is 0 Å². The number of amides is 2. The first kappa shape index (κ1) is 25.1. The van der Waals surface area contributed by atoms with Crippen molar-refractivity contribution in [3.63, 3.8) is 0 Å². The van der Waals surface area contributed by atoms with Crippen molar-refractivity contribution in [3.05, 3.63) is 59.7 Å². The largest absolute Gasteiger partial charge is 0.479 e. The van der Waals surface area contributed by atoms with Gasteiger partial charge in [-0.15, -0.1) is 0 Å². The minimum Gasteiger partial charge on any atom is -0.479 e. The van der Waals surface area contributed by atoms with Crippen molar-refractivity contribution in [3.8, 4) is 11.1 Å². The van der Waals surface area contributed by atoms with Gasteiger partial charge in [-0.3, -0.25) is 4.79 Å². The number of aliphatic carboxylic acids is 1.